The Morgan fingerprint density at radius 1 is 0.839 bits per heavy atom. The maximum absolute atomic E-state index is 4.80. The van der Waals surface area contributed by atoms with Crippen LogP contribution in [-0.4, -0.2) is 50.2 Å². The van der Waals surface area contributed by atoms with Gasteiger partial charge in [-0.3, -0.25) is 0 Å². The van der Waals surface area contributed by atoms with Gasteiger partial charge in [0.05, 0.1) is 5.52 Å². The van der Waals surface area contributed by atoms with E-state index >= 15 is 0 Å². The van der Waals surface area contributed by atoms with Crippen LogP contribution < -0.4 is 20.4 Å². The molecule has 1 aliphatic carbocycles. The van der Waals surface area contributed by atoms with Gasteiger partial charge < -0.3 is 20.4 Å². The molecule has 2 aromatic carbocycles. The van der Waals surface area contributed by atoms with E-state index in [0.717, 1.165) is 42.1 Å². The highest BCUT2D eigenvalue weighted by molar-refractivity contribution is 5.90. The molecule has 1 aromatic heterocycles. The fraction of sp³-hybridized carbons (Fsp3) is 0.440. The van der Waals surface area contributed by atoms with Gasteiger partial charge in [0, 0.05) is 57.9 Å². The zero-order valence-corrected chi connectivity index (χ0v) is 19.1. The molecule has 0 amide bonds. The van der Waals surface area contributed by atoms with Crippen molar-refractivity contribution >= 4 is 28.4 Å². The molecule has 6 heteroatoms. The van der Waals surface area contributed by atoms with Crippen molar-refractivity contribution < 1.29 is 0 Å². The van der Waals surface area contributed by atoms with Crippen LogP contribution in [0.5, 0.6) is 0 Å². The molecule has 0 saturated heterocycles. The van der Waals surface area contributed by atoms with Gasteiger partial charge in [-0.05, 0) is 55.5 Å². The van der Waals surface area contributed by atoms with Crippen molar-refractivity contribution in [3.05, 3.63) is 54.1 Å². The maximum Gasteiger partial charge on any atom is 0.225 e. The Morgan fingerprint density at radius 2 is 1.58 bits per heavy atom. The monoisotopic (exact) mass is 418 g/mol. The number of nitrogens with zero attached hydrogens (tertiary/aromatic N) is 4. The van der Waals surface area contributed by atoms with Crippen molar-refractivity contribution in [2.24, 2.45) is 0 Å². The highest BCUT2D eigenvalue weighted by Crippen LogP contribution is 2.26. The van der Waals surface area contributed by atoms with Gasteiger partial charge in [0.1, 0.15) is 5.82 Å². The van der Waals surface area contributed by atoms with Crippen molar-refractivity contribution in [2.75, 3.05) is 43.3 Å². The maximum atomic E-state index is 4.80. The minimum atomic E-state index is 0.422. The Labute approximate surface area is 185 Å². The quantitative estimate of drug-likeness (QED) is 0.597. The van der Waals surface area contributed by atoms with Gasteiger partial charge in [-0.2, -0.15) is 4.98 Å². The van der Waals surface area contributed by atoms with E-state index in [1.807, 2.05) is 26.2 Å². The van der Waals surface area contributed by atoms with E-state index in [1.165, 1.54) is 24.1 Å². The lowest BCUT2D eigenvalue weighted by Crippen LogP contribution is -2.37. The summed E-state index contributed by atoms with van der Waals surface area (Å²) in [4.78, 5) is 13.8. The lowest BCUT2D eigenvalue weighted by Gasteiger charge is -2.30. The number of aromatic nitrogens is 2. The van der Waals surface area contributed by atoms with Crippen LogP contribution in [0.25, 0.3) is 10.9 Å². The van der Waals surface area contributed by atoms with Crippen LogP contribution >= 0.6 is 0 Å². The largest absolute Gasteiger partial charge is 0.378 e. The van der Waals surface area contributed by atoms with Crippen molar-refractivity contribution in [1.82, 2.24) is 15.3 Å². The summed E-state index contributed by atoms with van der Waals surface area (Å²) in [6.45, 7) is 0.921. The first-order valence-corrected chi connectivity index (χ1v) is 11.2. The first-order valence-electron chi connectivity index (χ1n) is 11.2. The molecule has 164 valence electrons. The number of fused-ring (bicyclic) bond motifs is 1. The minimum Gasteiger partial charge on any atom is -0.378 e. The number of para-hydroxylation sites is 1. The molecule has 31 heavy (non-hydrogen) atoms. The zero-order valence-electron chi connectivity index (χ0n) is 19.1. The van der Waals surface area contributed by atoms with Crippen LogP contribution in [0.3, 0.4) is 0 Å². The summed E-state index contributed by atoms with van der Waals surface area (Å²) in [6.07, 6.45) is 4.59. The highest BCUT2D eigenvalue weighted by Gasteiger charge is 2.22. The standard InChI is InChI=1S/C25H34N6/c1-30(2)21-9-7-8-18(16-21)17-26-19-12-14-20(15-13-19)27-25-28-23-11-6-5-10-22(23)24(29-25)31(3)4/h5-11,16,19-20,26H,12-15,17H2,1-4H3,(H,27,28,29)/t19-,20+. The van der Waals surface area contributed by atoms with Crippen LogP contribution in [0.15, 0.2) is 48.5 Å². The lowest BCUT2D eigenvalue weighted by molar-refractivity contribution is 0.352. The van der Waals surface area contributed by atoms with Gasteiger partial charge in [0.25, 0.3) is 0 Å². The number of rotatable bonds is 7. The van der Waals surface area contributed by atoms with Crippen molar-refractivity contribution in [2.45, 2.75) is 44.3 Å². The second kappa shape index (κ2) is 9.52. The molecule has 1 heterocycles. The fourth-order valence-corrected chi connectivity index (χ4v) is 4.30. The van der Waals surface area contributed by atoms with E-state index in [-0.39, 0.29) is 0 Å². The number of hydrogen-bond donors (Lipinski definition) is 2. The van der Waals surface area contributed by atoms with Crippen LogP contribution in [-0.2, 0) is 6.54 Å². The molecule has 0 bridgehead atoms. The first-order chi connectivity index (χ1) is 15.0. The molecule has 0 radical (unpaired) electrons. The summed E-state index contributed by atoms with van der Waals surface area (Å²) in [5.74, 6) is 1.70. The van der Waals surface area contributed by atoms with Gasteiger partial charge >= 0.3 is 0 Å². The molecule has 4 rings (SSSR count). The molecule has 1 saturated carbocycles. The van der Waals surface area contributed by atoms with Crippen LogP contribution in [0.4, 0.5) is 17.5 Å². The molecule has 3 aromatic rings. The Balaban J connectivity index is 1.33. The first kappa shape index (κ1) is 21.4. The topological polar surface area (TPSA) is 56.3 Å². The summed E-state index contributed by atoms with van der Waals surface area (Å²) < 4.78 is 0. The average molecular weight is 419 g/mol. The minimum absolute atomic E-state index is 0.422. The molecule has 6 nitrogen and oxygen atoms in total. The molecule has 1 aliphatic rings. The van der Waals surface area contributed by atoms with Crippen LogP contribution in [0, 0.1) is 0 Å². The predicted molar refractivity (Wildman–Crippen MR) is 131 cm³/mol. The predicted octanol–water partition coefficient (Wildman–Crippen LogP) is 4.27. The molecule has 0 spiro atoms. The molecule has 0 atom stereocenters. The molecule has 0 unspecified atom stereocenters. The third-order valence-electron chi connectivity index (χ3n) is 6.09. The molecule has 0 aliphatic heterocycles. The van der Waals surface area contributed by atoms with E-state index in [1.54, 1.807) is 0 Å². The van der Waals surface area contributed by atoms with Gasteiger partial charge in [-0.25, -0.2) is 4.98 Å². The molecular weight excluding hydrogens is 384 g/mol. The second-order valence-corrected chi connectivity index (χ2v) is 8.92. The number of anilines is 3. The van der Waals surface area contributed by atoms with Crippen molar-refractivity contribution in [3.8, 4) is 0 Å². The van der Waals surface area contributed by atoms with Crippen molar-refractivity contribution in [3.63, 3.8) is 0 Å². The third-order valence-corrected chi connectivity index (χ3v) is 6.09. The SMILES string of the molecule is CN(C)c1cccc(CN[C@H]2CC[C@@H](Nc3nc(N(C)C)c4ccccc4n3)CC2)c1. The van der Waals surface area contributed by atoms with Gasteiger partial charge in [-0.15, -0.1) is 0 Å². The molecule has 1 fully saturated rings. The number of benzene rings is 2. The van der Waals surface area contributed by atoms with Crippen LogP contribution in [0.2, 0.25) is 0 Å². The molecular formula is C25H34N6. The zero-order chi connectivity index (χ0) is 21.8. The average Bonchev–Trinajstić information content (AvgIpc) is 2.78. The van der Waals surface area contributed by atoms with E-state index in [4.69, 9.17) is 9.97 Å². The lowest BCUT2D eigenvalue weighted by atomic mass is 9.91. The number of hydrogen-bond acceptors (Lipinski definition) is 6. The molecule has 2 N–H and O–H groups in total. The Bertz CT molecular complexity index is 1010. The van der Waals surface area contributed by atoms with E-state index in [2.05, 4.69) is 70.9 Å². The highest BCUT2D eigenvalue weighted by atomic mass is 15.2. The Kier molecular flexibility index (Phi) is 6.56. The second-order valence-electron chi connectivity index (χ2n) is 8.92. The fourth-order valence-electron chi connectivity index (χ4n) is 4.30. The number of nitrogens with one attached hydrogen (secondary N) is 2. The normalized spacial score (nSPS) is 18.7. The summed E-state index contributed by atoms with van der Waals surface area (Å²) in [6, 6.07) is 17.9. The summed E-state index contributed by atoms with van der Waals surface area (Å²) in [5, 5.41) is 8.44. The third kappa shape index (κ3) is 5.25. The van der Waals surface area contributed by atoms with Gasteiger partial charge in [0.15, 0.2) is 0 Å². The van der Waals surface area contributed by atoms with E-state index < -0.39 is 0 Å². The Morgan fingerprint density at radius 3 is 2.32 bits per heavy atom. The van der Waals surface area contributed by atoms with Crippen LogP contribution in [0.1, 0.15) is 31.2 Å². The summed E-state index contributed by atoms with van der Waals surface area (Å²) in [5.41, 5.74) is 3.57. The summed E-state index contributed by atoms with van der Waals surface area (Å²) >= 11 is 0. The van der Waals surface area contributed by atoms with Crippen molar-refractivity contribution in [1.29, 1.82) is 0 Å². The van der Waals surface area contributed by atoms with Gasteiger partial charge in [-0.1, -0.05) is 24.3 Å². The Hall–Kier alpha value is -2.86. The summed E-state index contributed by atoms with van der Waals surface area (Å²) in [7, 11) is 8.23. The van der Waals surface area contributed by atoms with E-state index in [9.17, 15) is 0 Å². The smallest absolute Gasteiger partial charge is 0.225 e. The van der Waals surface area contributed by atoms with E-state index in [0.29, 0.717) is 12.1 Å². The van der Waals surface area contributed by atoms with Gasteiger partial charge in [0.2, 0.25) is 5.95 Å².